The molecule has 18 rings (SSSR count). The number of likely N-dealkylation sites (N-methyl/N-ethyl adjacent to an activating group) is 3. The summed E-state index contributed by atoms with van der Waals surface area (Å²) in [6, 6.07) is 14.0. The summed E-state index contributed by atoms with van der Waals surface area (Å²) in [4.78, 5) is 136. The van der Waals surface area contributed by atoms with Crippen molar-refractivity contribution in [1.29, 1.82) is 0 Å². The average molecular weight is 1880 g/mol. The van der Waals surface area contributed by atoms with Crippen molar-refractivity contribution in [2.45, 2.75) is 164 Å². The number of hydrogen-bond donors (Lipinski definition) is 1. The van der Waals surface area contributed by atoms with Crippen LogP contribution in [0.1, 0.15) is 141 Å². The minimum atomic E-state index is -0.989. The third kappa shape index (κ3) is 15.4. The summed E-state index contributed by atoms with van der Waals surface area (Å²) in [6.07, 6.45) is 6.37. The molecule has 6 aromatic heterocycles. The molecule has 0 spiro atoms. The van der Waals surface area contributed by atoms with Crippen molar-refractivity contribution < 1.29 is 64.8 Å². The summed E-state index contributed by atoms with van der Waals surface area (Å²) in [7, 11) is 7.28. The zero-order chi connectivity index (χ0) is 96.1. The maximum absolute atomic E-state index is 17.4. The molecular formula is C97H97Cl3F6N16O11. The van der Waals surface area contributed by atoms with Crippen molar-refractivity contribution in [3.63, 3.8) is 0 Å². The number of piperazine rings is 1. The number of phenols is 1. The number of amides is 4. The fourth-order valence-electron chi connectivity index (χ4n) is 19.6. The van der Waals surface area contributed by atoms with Crippen LogP contribution >= 0.6 is 34.8 Å². The normalized spacial score (nSPS) is 18.2. The van der Waals surface area contributed by atoms with Crippen molar-refractivity contribution in [2.75, 3.05) is 90.9 Å². The van der Waals surface area contributed by atoms with Crippen molar-refractivity contribution >= 4 is 125 Å². The SMILES string of the molecule is COc1cccc(F)c1-c1c(Cl)cc2c3c(c(=O)n(-c4c(C)ncnc4C(C)C)c2c1F)N(C)C(=O)[C@H]1CC[C@H](C)CN31.COc1cccc(F)c1-c1c(Cl)cc2c3c(c(=O)n(-c4c(C)ncnc4C)c2c1F)N(C)C(=O)[C@H]1CN(C(=O)OC(C)(C)C)[C@H](C)CN31.Cc1ncnc(C(C)C)c1-n1c(=O)c2c(c3cc(Cl)c(-c4c(O)cccc4F)c(F)c31)N1C[C@@H](C)CC[C@@H]1C(=O)N2C. The Morgan fingerprint density at radius 3 is 1.13 bits per heavy atom. The maximum Gasteiger partial charge on any atom is 0.410 e. The zero-order valence-corrected chi connectivity index (χ0v) is 78.8. The third-order valence-electron chi connectivity index (χ3n) is 25.8. The fraction of sp³-hybridized carbons (Fsp3) is 0.371. The van der Waals surface area contributed by atoms with Crippen LogP contribution in [0.3, 0.4) is 0 Å². The van der Waals surface area contributed by atoms with E-state index >= 15 is 26.3 Å². The number of fused-ring (bicyclic) bond motifs is 15. The monoisotopic (exact) mass is 1880 g/mol. The van der Waals surface area contributed by atoms with Gasteiger partial charge in [-0.2, -0.15) is 0 Å². The number of benzene rings is 6. The number of carbonyl (C=O) groups excluding carboxylic acids is 4. The first-order chi connectivity index (χ1) is 63.0. The summed E-state index contributed by atoms with van der Waals surface area (Å²) >= 11 is 20.4. The minimum absolute atomic E-state index is 0.0176. The summed E-state index contributed by atoms with van der Waals surface area (Å²) in [5.74, 6) is -6.40. The second-order valence-electron chi connectivity index (χ2n) is 36.2. The van der Waals surface area contributed by atoms with E-state index in [1.54, 1.807) is 80.5 Å². The van der Waals surface area contributed by atoms with Gasteiger partial charge in [-0.3, -0.25) is 42.5 Å². The number of pyridine rings is 3. The van der Waals surface area contributed by atoms with Crippen LogP contribution in [-0.4, -0.2) is 169 Å². The standard InChI is InChI=1S/C34H35ClF2N6O5.C32H32ClF2N5O3.C31H30ClF2N5O3/c1-16-13-42-22(14-41(16)33(46)48-34(4,5)6)31(44)40(7)30-29(42)19-12-20(35)24(25-21(36)10-9-11-23(25)47-8)26(37)28(19)43(32(30)45)27-17(2)38-15-39-18(27)3;1-15(2)26-27(17(4)36-14-37-26)40-28-18(12-19(33)23(25(28)35)24-20(34)8-7-9-22(24)43-6)29-30(32(40)42)38(5)31(41)21-11-10-16(3)13-39(21)29;1-14(2)25-26(16(4)35-13-36-25)39-27-17(11-18(32)22(24(27)34)23-19(33)7-6-8-21(23)40)28-29(31(39)42)37(5)30(41)20-10-9-15(3)12-38(20)28/h9-12,15-16,22H,13-14H2,1-8H3;7-9,12,14-16,21H,10-11,13H2,1-6H3;6-8,11,13-15,20,40H,9-10,12H2,1-5H3/t16-,22-;16-,21+;15-,20+/m100/s1. The van der Waals surface area contributed by atoms with Gasteiger partial charge in [0, 0.05) is 79.7 Å². The molecule has 6 aliphatic heterocycles. The van der Waals surface area contributed by atoms with Crippen LogP contribution in [0.5, 0.6) is 17.2 Å². The molecule has 6 aromatic carbocycles. The van der Waals surface area contributed by atoms with E-state index in [0.717, 1.165) is 29.5 Å². The van der Waals surface area contributed by atoms with Crippen LogP contribution in [0, 0.1) is 74.4 Å². The van der Waals surface area contributed by atoms with Crippen LogP contribution in [0.4, 0.5) is 65.3 Å². The Kier molecular flexibility index (Phi) is 24.7. The molecule has 1 N–H and O–H groups in total. The Balaban J connectivity index is 0.000000146. The van der Waals surface area contributed by atoms with Gasteiger partial charge in [-0.05, 0) is 159 Å². The van der Waals surface area contributed by atoms with Gasteiger partial charge < -0.3 is 53.6 Å². The number of piperidine rings is 2. The smallest absolute Gasteiger partial charge is 0.410 e. The topological polar surface area (TPSA) is 282 Å². The van der Waals surface area contributed by atoms with E-state index < -0.39 is 105 Å². The van der Waals surface area contributed by atoms with Gasteiger partial charge in [0.25, 0.3) is 22.6 Å². The highest BCUT2D eigenvalue weighted by atomic mass is 35.5. The Hall–Kier alpha value is -12.9. The molecule has 0 radical (unpaired) electrons. The molecule has 694 valence electrons. The van der Waals surface area contributed by atoms with Crippen LogP contribution in [0.2, 0.25) is 15.1 Å². The molecule has 3 fully saturated rings. The highest BCUT2D eigenvalue weighted by molar-refractivity contribution is 6.36. The number of rotatable bonds is 10. The molecule has 27 nitrogen and oxygen atoms in total. The molecule has 0 saturated carbocycles. The van der Waals surface area contributed by atoms with E-state index in [9.17, 15) is 38.7 Å². The molecule has 6 atom stereocenters. The number of aryl methyl sites for hydroxylation is 4. The highest BCUT2D eigenvalue weighted by Crippen LogP contribution is 2.54. The van der Waals surface area contributed by atoms with Crippen molar-refractivity contribution in [3.05, 3.63) is 207 Å². The number of hydrogen-bond acceptors (Lipinski definition) is 20. The quantitative estimate of drug-likeness (QED) is 0.124. The zero-order valence-electron chi connectivity index (χ0n) is 76.5. The van der Waals surface area contributed by atoms with E-state index in [1.807, 2.05) is 37.5 Å². The predicted octanol–water partition coefficient (Wildman–Crippen LogP) is 18.3. The van der Waals surface area contributed by atoms with Gasteiger partial charge in [0.1, 0.15) is 94.5 Å². The largest absolute Gasteiger partial charge is 0.507 e. The average Bonchev–Trinajstić information content (AvgIpc) is 0.715. The minimum Gasteiger partial charge on any atom is -0.507 e. The first-order valence-corrected chi connectivity index (χ1v) is 44.6. The number of phenolic OH excluding ortho intramolecular Hbond substituents is 1. The number of aromatic nitrogens is 9. The number of halogens is 9. The summed E-state index contributed by atoms with van der Waals surface area (Å²) < 4.78 is 118. The third-order valence-corrected chi connectivity index (χ3v) is 26.7. The van der Waals surface area contributed by atoms with Gasteiger partial charge in [0.2, 0.25) is 11.8 Å². The van der Waals surface area contributed by atoms with E-state index in [0.29, 0.717) is 82.5 Å². The van der Waals surface area contributed by atoms with Gasteiger partial charge in [-0.1, -0.05) is 94.5 Å². The molecule has 0 bridgehead atoms. The van der Waals surface area contributed by atoms with Gasteiger partial charge >= 0.3 is 6.09 Å². The van der Waals surface area contributed by atoms with Gasteiger partial charge in [-0.25, -0.2) is 61.0 Å². The van der Waals surface area contributed by atoms with Gasteiger partial charge in [0.05, 0.1) is 137 Å². The second kappa shape index (κ2) is 35.3. The van der Waals surface area contributed by atoms with E-state index in [-0.39, 0.29) is 164 Å². The summed E-state index contributed by atoms with van der Waals surface area (Å²) in [5.41, 5.74) is -0.279. The van der Waals surface area contributed by atoms with E-state index in [4.69, 9.17) is 49.0 Å². The molecule has 3 saturated heterocycles. The number of carbonyl (C=O) groups is 4. The molecule has 36 heteroatoms. The molecule has 6 aliphatic rings. The lowest BCUT2D eigenvalue weighted by Crippen LogP contribution is -2.66. The second-order valence-corrected chi connectivity index (χ2v) is 37.5. The molecule has 0 unspecified atom stereocenters. The lowest BCUT2D eigenvalue weighted by atomic mass is 9.89. The van der Waals surface area contributed by atoms with Crippen LogP contribution in [0.25, 0.3) is 83.2 Å². The lowest BCUT2D eigenvalue weighted by molar-refractivity contribution is -0.121. The number of anilines is 6. The number of methoxy groups -OCH3 is 2. The molecule has 4 amide bonds. The first kappa shape index (κ1) is 93.4. The summed E-state index contributed by atoms with van der Waals surface area (Å²) in [5, 5.41) is 11.0. The number of ether oxygens (including phenoxy) is 3. The van der Waals surface area contributed by atoms with Crippen LogP contribution in [0.15, 0.2) is 106 Å². The first-order valence-electron chi connectivity index (χ1n) is 43.5. The molecule has 133 heavy (non-hydrogen) atoms. The Morgan fingerprint density at radius 1 is 0.436 bits per heavy atom. The maximum atomic E-state index is 17.4. The Bertz CT molecular complexity index is 7090. The molecular weight excluding hydrogens is 1790 g/mol. The van der Waals surface area contributed by atoms with E-state index in [2.05, 4.69) is 43.8 Å². The number of nitrogens with zero attached hydrogens (tertiary/aromatic N) is 16. The molecule has 12 heterocycles. The van der Waals surface area contributed by atoms with Gasteiger partial charge in [0.15, 0.2) is 17.5 Å². The summed E-state index contributed by atoms with van der Waals surface area (Å²) in [6.45, 7) is 26.6. The van der Waals surface area contributed by atoms with E-state index in [1.165, 1.54) is 124 Å². The van der Waals surface area contributed by atoms with Crippen molar-refractivity contribution in [1.82, 2.24) is 48.5 Å². The predicted molar refractivity (Wildman–Crippen MR) is 501 cm³/mol. The Labute approximate surface area is 776 Å². The van der Waals surface area contributed by atoms with Crippen LogP contribution < -0.4 is 55.6 Å². The van der Waals surface area contributed by atoms with Crippen molar-refractivity contribution in [2.24, 2.45) is 11.8 Å². The van der Waals surface area contributed by atoms with Gasteiger partial charge in [-0.15, -0.1) is 0 Å². The van der Waals surface area contributed by atoms with Crippen LogP contribution in [-0.2, 0) is 19.1 Å². The fourth-order valence-corrected chi connectivity index (χ4v) is 20.5. The molecule has 12 aromatic rings. The Morgan fingerprint density at radius 2 is 0.767 bits per heavy atom. The highest BCUT2D eigenvalue weighted by Gasteiger charge is 2.50. The lowest BCUT2D eigenvalue weighted by Gasteiger charge is -2.50. The van der Waals surface area contributed by atoms with Crippen molar-refractivity contribution in [3.8, 4) is 67.7 Å². The molecule has 0 aliphatic carbocycles. The number of aromatic hydroxyl groups is 1.